The molecular formula is C99H75ClN3O5S7+5. The molecule has 8 nitrogen and oxygen atoms in total. The van der Waals surface area contributed by atoms with Crippen LogP contribution >= 0.6 is 45.6 Å². The van der Waals surface area contributed by atoms with E-state index in [2.05, 4.69) is 230 Å². The van der Waals surface area contributed by atoms with Crippen LogP contribution in [0.3, 0.4) is 0 Å². The molecule has 4 aliphatic rings. The maximum absolute atomic E-state index is 12.8. The number of primary amides is 1. The summed E-state index contributed by atoms with van der Waals surface area (Å²) < 4.78 is 13.1. The van der Waals surface area contributed by atoms with E-state index in [4.69, 9.17) is 32.1 Å². The lowest BCUT2D eigenvalue weighted by molar-refractivity contribution is 0.0600. The van der Waals surface area contributed by atoms with Crippen LogP contribution < -0.4 is 20.8 Å². The number of methoxy groups -OCH3 is 1. The molecule has 0 saturated heterocycles. The highest BCUT2D eigenvalue weighted by Crippen LogP contribution is 2.52. The van der Waals surface area contributed by atoms with Crippen LogP contribution in [0, 0.1) is 11.3 Å². The quantitative estimate of drug-likeness (QED) is 0.0651. The van der Waals surface area contributed by atoms with Gasteiger partial charge in [0.1, 0.15) is 32.7 Å². The molecule has 1 amide bonds. The number of halogens is 1. The largest absolute Gasteiger partial charge is 0.465 e. The number of para-hydroxylation sites is 4. The van der Waals surface area contributed by atoms with Crippen molar-refractivity contribution < 1.29 is 19.1 Å². The van der Waals surface area contributed by atoms with Gasteiger partial charge in [0.05, 0.1) is 67.1 Å². The molecule has 15 aromatic carbocycles. The van der Waals surface area contributed by atoms with Gasteiger partial charge in [0.15, 0.2) is 74.7 Å². The van der Waals surface area contributed by atoms with Crippen LogP contribution in [0.4, 0.5) is 11.4 Å². The van der Waals surface area contributed by atoms with Crippen LogP contribution in [0.5, 0.6) is 11.5 Å². The minimum absolute atomic E-state index is 0.0457. The second kappa shape index (κ2) is 35.6. The molecule has 0 aliphatic carbocycles. The van der Waals surface area contributed by atoms with Crippen LogP contribution in [0.1, 0.15) is 44.3 Å². The molecule has 20 rings (SSSR count). The topological polar surface area (TPSA) is 123 Å². The molecular weight excluding hydrogens is 1570 g/mol. The number of benzene rings is 15. The summed E-state index contributed by atoms with van der Waals surface area (Å²) in [5, 5.41) is 11.4. The number of nitrogens with zero attached hydrogens (tertiary/aromatic N) is 2. The van der Waals surface area contributed by atoms with Gasteiger partial charge in [0, 0.05) is 50.0 Å². The van der Waals surface area contributed by atoms with Crippen LogP contribution in [-0.4, -0.2) is 31.8 Å². The lowest BCUT2D eigenvalue weighted by atomic mass is 10.0. The van der Waals surface area contributed by atoms with Crippen molar-refractivity contribution in [3.63, 3.8) is 0 Å². The Labute approximate surface area is 697 Å². The Morgan fingerprint density at radius 2 is 0.826 bits per heavy atom. The lowest BCUT2D eigenvalue weighted by Crippen LogP contribution is -2.26. The Morgan fingerprint density at radius 1 is 0.452 bits per heavy atom. The van der Waals surface area contributed by atoms with E-state index in [1.54, 1.807) is 11.8 Å². The highest BCUT2D eigenvalue weighted by atomic mass is 35.5. The SMILES string of the molecule is CCN1c2ccccc2[S+](c2ccc(C(N)=O)cc2)c2ccccc21.COC(=O)c1ccc([S+]2c3ccccc3Cc3ccccc32)cc1.CSc1ccc(-[s+]2c3ccccc3c(=O)c3ccccc32)cc1.Clc1ccc([S+]2c3ccccc3Sc3ccccc32)cc1.N#Cc1ccc([S+]2c3ccccc3Oc3ccccc32)cc1. The molecule has 0 unspecified atom stereocenters. The normalized spacial score (nSPS) is 12.7. The first-order chi connectivity index (χ1) is 56.5. The van der Waals surface area contributed by atoms with E-state index in [-0.39, 0.29) is 65.4 Å². The van der Waals surface area contributed by atoms with Gasteiger partial charge in [0.25, 0.3) is 0 Å². The molecule has 0 saturated carbocycles. The minimum Gasteiger partial charge on any atom is -0.465 e. The van der Waals surface area contributed by atoms with Crippen molar-refractivity contribution in [2.45, 2.75) is 86.8 Å². The van der Waals surface area contributed by atoms with Crippen LogP contribution in [-0.2, 0) is 54.7 Å². The molecule has 16 heteroatoms. The number of hydrogen-bond acceptors (Lipinski definition) is 9. The van der Waals surface area contributed by atoms with Crippen molar-refractivity contribution in [3.05, 3.63) is 407 Å². The fraction of sp³-hybridized carbons (Fsp3) is 0.0505. The van der Waals surface area contributed by atoms with E-state index in [1.165, 1.54) is 108 Å². The first-order valence-electron chi connectivity index (χ1n) is 37.2. The van der Waals surface area contributed by atoms with Crippen molar-refractivity contribution in [1.82, 2.24) is 0 Å². The molecule has 0 spiro atoms. The number of nitrogens with two attached hydrogens (primary N) is 1. The molecule has 4 aliphatic heterocycles. The molecule has 2 N–H and O–H groups in total. The Bertz CT molecular complexity index is 6140. The number of carbonyl (C=O) groups excluding carboxylic acids is 2. The maximum Gasteiger partial charge on any atom is 0.337 e. The number of hydrogen-bond donors (Lipinski definition) is 1. The summed E-state index contributed by atoms with van der Waals surface area (Å²) in [6, 6.07) is 127. The summed E-state index contributed by atoms with van der Waals surface area (Å²) in [5.74, 6) is 1.13. The number of fused-ring (bicyclic) bond motifs is 10. The highest BCUT2D eigenvalue weighted by molar-refractivity contribution is 8.04. The summed E-state index contributed by atoms with van der Waals surface area (Å²) in [5.41, 5.74) is 12.6. The molecule has 115 heavy (non-hydrogen) atoms. The van der Waals surface area contributed by atoms with E-state index >= 15 is 0 Å². The number of nitriles is 1. The number of ether oxygens (including phenoxy) is 2. The molecule has 560 valence electrons. The number of amides is 1. The van der Waals surface area contributed by atoms with Crippen molar-refractivity contribution in [3.8, 4) is 22.5 Å². The minimum atomic E-state index is -0.392. The van der Waals surface area contributed by atoms with Crippen molar-refractivity contribution in [2.24, 2.45) is 5.73 Å². The maximum atomic E-state index is 12.8. The lowest BCUT2D eigenvalue weighted by Gasteiger charge is -2.30. The molecule has 1 aromatic heterocycles. The van der Waals surface area contributed by atoms with Gasteiger partial charge >= 0.3 is 5.97 Å². The molecule has 0 radical (unpaired) electrons. The number of anilines is 2. The fourth-order valence-corrected chi connectivity index (χ4v) is 27.9. The highest BCUT2D eigenvalue weighted by Gasteiger charge is 2.43. The number of carbonyl (C=O) groups is 2. The third kappa shape index (κ3) is 16.3. The smallest absolute Gasteiger partial charge is 0.337 e. The van der Waals surface area contributed by atoms with Gasteiger partial charge in [-0.3, -0.25) is 9.59 Å². The Balaban J connectivity index is 0.000000108. The first-order valence-corrected chi connectivity index (χ1v) is 45.8. The summed E-state index contributed by atoms with van der Waals surface area (Å²) in [6.07, 6.45) is 3.07. The van der Waals surface area contributed by atoms with Gasteiger partial charge in [-0.15, -0.1) is 11.8 Å². The zero-order valence-electron chi connectivity index (χ0n) is 62.8. The second-order valence-corrected chi connectivity index (χ2v) is 38.8. The van der Waals surface area contributed by atoms with Gasteiger partial charge in [-0.1, -0.05) is 157 Å². The van der Waals surface area contributed by atoms with Crippen LogP contribution in [0.15, 0.2) is 442 Å². The van der Waals surface area contributed by atoms with Gasteiger partial charge < -0.3 is 20.1 Å². The number of rotatable bonds is 9. The first kappa shape index (κ1) is 77.5. The third-order valence-corrected chi connectivity index (χ3v) is 33.8. The monoisotopic (exact) mass is 1640 g/mol. The van der Waals surface area contributed by atoms with Crippen molar-refractivity contribution in [2.75, 3.05) is 24.8 Å². The standard InChI is InChI=1S/C21H18N2OS.C21H17O2S.C20H15OS2.C19H12NOS.C18H12ClS2/c1-2-23-17-7-3-5-9-19(17)25(20-10-6-4-8-18(20)23)16-13-11-15(12-14-16)21(22)24;1-23-21(22)15-10-12-18(13-11-15)24-19-8-4-2-6-16(19)14-17-7-3-5-9-20(17)24;1-22-14-10-12-15(13-11-14)23-18-8-4-2-6-16(18)20(21)17-7-3-5-9-19(17)23;20-13-14-9-11-15(12-10-14)22-18-7-3-1-5-16(18)21-17-6-2-4-8-19(17)22;19-13-9-11-14(12-10-13)21-17-7-3-1-5-15(17)20-16-6-2-4-8-18(16)21/h3-14H,2H2,1H3,(H-,22,24);2-13H,14H2,1H3;2-13H,1H3;1-12H;1-12H/q;4*+1/p+1. The summed E-state index contributed by atoms with van der Waals surface area (Å²) in [4.78, 5) is 58.9. The molecule has 0 fully saturated rings. The van der Waals surface area contributed by atoms with Crippen LogP contribution in [0.25, 0.3) is 25.1 Å². The zero-order valence-corrected chi connectivity index (χ0v) is 69.3. The zero-order chi connectivity index (χ0) is 78.9. The molecule has 0 atom stereocenters. The predicted molar refractivity (Wildman–Crippen MR) is 479 cm³/mol. The molecule has 0 bridgehead atoms. The Hall–Kier alpha value is -11.4. The Morgan fingerprint density at radius 3 is 1.30 bits per heavy atom. The van der Waals surface area contributed by atoms with Gasteiger partial charge in [-0.05, 0) is 244 Å². The summed E-state index contributed by atoms with van der Waals surface area (Å²) in [7, 11) is 0.612. The van der Waals surface area contributed by atoms with Gasteiger partial charge in [0.2, 0.25) is 21.1 Å². The van der Waals surface area contributed by atoms with E-state index < -0.39 is 5.91 Å². The van der Waals surface area contributed by atoms with Crippen molar-refractivity contribution >= 4 is 133 Å². The number of thioether (sulfide) groups is 1. The molecule has 5 heterocycles. The summed E-state index contributed by atoms with van der Waals surface area (Å²) >= 11 is 9.66. The second-order valence-electron chi connectivity index (χ2n) is 26.6. The number of esters is 1. The molecule has 16 aromatic rings. The van der Waals surface area contributed by atoms with Gasteiger partial charge in [-0.2, -0.15) is 5.26 Å². The van der Waals surface area contributed by atoms with Crippen molar-refractivity contribution in [1.29, 1.82) is 5.26 Å². The Kier molecular flexibility index (Phi) is 24.0. The third-order valence-electron chi connectivity index (χ3n) is 19.7. The van der Waals surface area contributed by atoms with E-state index in [0.717, 1.165) is 49.7 Å². The summed E-state index contributed by atoms with van der Waals surface area (Å²) in [6.45, 7) is 3.10. The predicted octanol–water partition coefficient (Wildman–Crippen LogP) is 25.3. The van der Waals surface area contributed by atoms with E-state index in [1.807, 2.05) is 169 Å². The fourth-order valence-electron chi connectivity index (χ4n) is 14.3. The van der Waals surface area contributed by atoms with Gasteiger partial charge in [-0.25, -0.2) is 4.79 Å². The average molecular weight is 1650 g/mol. The average Bonchev–Trinajstić information content (AvgIpc) is 0.934. The van der Waals surface area contributed by atoms with E-state index in [0.29, 0.717) is 16.7 Å². The van der Waals surface area contributed by atoms with Crippen LogP contribution in [0.2, 0.25) is 5.02 Å². The van der Waals surface area contributed by atoms with E-state index in [9.17, 15) is 14.4 Å².